The Kier molecular flexibility index (Phi) is 73.6. The van der Waals surface area contributed by atoms with Crippen LogP contribution in [0, 0.1) is 0 Å². The average molecular weight is 1350 g/mol. The molecular formula is C86H171NO8. The molecule has 0 aromatic heterocycles. The van der Waals surface area contributed by atoms with Gasteiger partial charge in [-0.3, -0.25) is 4.79 Å². The highest BCUT2D eigenvalue weighted by atomic mass is 16.7. The van der Waals surface area contributed by atoms with Gasteiger partial charge >= 0.3 is 0 Å². The standard InChI is InChI=1S/C86H171NO8/c1-3-5-7-9-11-13-15-17-19-21-23-25-27-29-31-33-35-36-37-38-39-40-41-42-43-44-46-48-50-52-54-56-58-60-62-64-66-68-70-72-74-76-82(90)87-79(78-94-86-85(93)84(92)83(91)81(77-88)95-86)80(89)75-73-71-69-67-65-63-61-59-57-55-53-51-49-47-45-34-32-30-28-26-24-22-20-18-16-14-12-10-8-6-4-2/h79-81,83-86,88-89,91-93H,3-78H2,1-2H3,(H,87,90). The molecule has 1 heterocycles. The number of hydrogen-bond acceptors (Lipinski definition) is 8. The molecule has 1 rings (SSSR count). The fraction of sp³-hybridized carbons (Fsp3) is 0.988. The molecule has 0 bridgehead atoms. The van der Waals surface area contributed by atoms with Gasteiger partial charge in [0, 0.05) is 6.42 Å². The fourth-order valence-electron chi connectivity index (χ4n) is 14.9. The Labute approximate surface area is 593 Å². The molecule has 9 heteroatoms. The lowest BCUT2D eigenvalue weighted by molar-refractivity contribution is -0.302. The molecule has 9 nitrogen and oxygen atoms in total. The lowest BCUT2D eigenvalue weighted by atomic mass is 9.99. The molecule has 0 aromatic carbocycles. The first-order valence-corrected chi connectivity index (χ1v) is 43.7. The van der Waals surface area contributed by atoms with Crippen molar-refractivity contribution in [1.82, 2.24) is 5.32 Å². The second kappa shape index (κ2) is 75.8. The molecule has 1 fully saturated rings. The Balaban J connectivity index is 1.99. The SMILES string of the molecule is CCCCCCCCCCCCCCCCCCCCCCCCCCCCCCCCCCCCCCCCCCCC(=O)NC(COC1OC(CO)C(O)C(O)C1O)C(O)CCCCCCCCCCCCCCCCCCCCCCCCCCCCCCCCC. The van der Waals surface area contributed by atoms with Gasteiger partial charge in [0.05, 0.1) is 25.4 Å². The molecule has 6 N–H and O–H groups in total. The summed E-state index contributed by atoms with van der Waals surface area (Å²) in [6.07, 6.45) is 92.6. The van der Waals surface area contributed by atoms with Crippen LogP contribution in [-0.2, 0) is 14.3 Å². The second-order valence-corrected chi connectivity index (χ2v) is 31.1. The minimum absolute atomic E-state index is 0.130. The predicted octanol–water partition coefficient (Wildman–Crippen LogP) is 25.6. The van der Waals surface area contributed by atoms with E-state index >= 15 is 0 Å². The maximum absolute atomic E-state index is 13.2. The third-order valence-corrected chi connectivity index (χ3v) is 21.7. The van der Waals surface area contributed by atoms with Crippen molar-refractivity contribution in [3.05, 3.63) is 0 Å². The number of rotatable bonds is 80. The summed E-state index contributed by atoms with van der Waals surface area (Å²) in [5.74, 6) is -0.130. The molecule has 0 spiro atoms. The number of aliphatic hydroxyl groups excluding tert-OH is 5. The third kappa shape index (κ3) is 63.8. The van der Waals surface area contributed by atoms with Crippen molar-refractivity contribution in [1.29, 1.82) is 0 Å². The van der Waals surface area contributed by atoms with Crippen LogP contribution in [0.4, 0.5) is 0 Å². The van der Waals surface area contributed by atoms with E-state index in [9.17, 15) is 30.3 Å². The number of unbranched alkanes of at least 4 members (excludes halogenated alkanes) is 70. The van der Waals surface area contributed by atoms with Gasteiger partial charge in [-0.1, -0.05) is 470 Å². The zero-order valence-electron chi connectivity index (χ0n) is 64.2. The van der Waals surface area contributed by atoms with Gasteiger partial charge in [-0.05, 0) is 12.8 Å². The number of amides is 1. The van der Waals surface area contributed by atoms with Crippen LogP contribution in [0.25, 0.3) is 0 Å². The summed E-state index contributed by atoms with van der Waals surface area (Å²) in [5.41, 5.74) is 0. The van der Waals surface area contributed by atoms with E-state index in [1.807, 2.05) is 0 Å². The first-order chi connectivity index (χ1) is 46.8. The third-order valence-electron chi connectivity index (χ3n) is 21.7. The number of carbonyl (C=O) groups is 1. The van der Waals surface area contributed by atoms with E-state index in [1.165, 1.54) is 424 Å². The molecule has 7 unspecified atom stereocenters. The highest BCUT2D eigenvalue weighted by Gasteiger charge is 2.44. The van der Waals surface area contributed by atoms with E-state index in [-0.39, 0.29) is 12.5 Å². The molecule has 0 radical (unpaired) electrons. The van der Waals surface area contributed by atoms with Gasteiger partial charge in [0.2, 0.25) is 5.91 Å². The molecular weight excluding hydrogens is 1170 g/mol. The number of hydrogen-bond donors (Lipinski definition) is 6. The van der Waals surface area contributed by atoms with Crippen LogP contribution in [-0.4, -0.2) is 87.5 Å². The van der Waals surface area contributed by atoms with Gasteiger partial charge in [-0.15, -0.1) is 0 Å². The van der Waals surface area contributed by atoms with E-state index in [0.717, 1.165) is 38.5 Å². The van der Waals surface area contributed by atoms with Crippen LogP contribution < -0.4 is 5.32 Å². The van der Waals surface area contributed by atoms with Gasteiger partial charge < -0.3 is 40.3 Å². The lowest BCUT2D eigenvalue weighted by Gasteiger charge is -2.40. The van der Waals surface area contributed by atoms with E-state index < -0.39 is 49.5 Å². The maximum Gasteiger partial charge on any atom is 0.220 e. The minimum Gasteiger partial charge on any atom is -0.394 e. The molecule has 0 aliphatic carbocycles. The predicted molar refractivity (Wildman–Crippen MR) is 411 cm³/mol. The summed E-state index contributed by atoms with van der Waals surface area (Å²) in [5, 5.41) is 55.2. The normalized spacial score (nSPS) is 17.3. The summed E-state index contributed by atoms with van der Waals surface area (Å²) < 4.78 is 11.4. The average Bonchev–Trinajstić information content (AvgIpc) is 0.836. The number of aliphatic hydroxyl groups is 5. The fourth-order valence-corrected chi connectivity index (χ4v) is 14.9. The van der Waals surface area contributed by atoms with Gasteiger partial charge in [0.15, 0.2) is 6.29 Å². The van der Waals surface area contributed by atoms with Crippen molar-refractivity contribution in [3.8, 4) is 0 Å². The van der Waals surface area contributed by atoms with Crippen LogP contribution in [0.5, 0.6) is 0 Å². The van der Waals surface area contributed by atoms with Crippen LogP contribution in [0.1, 0.15) is 489 Å². The first-order valence-electron chi connectivity index (χ1n) is 43.7. The zero-order valence-corrected chi connectivity index (χ0v) is 64.2. The van der Waals surface area contributed by atoms with Crippen LogP contribution in [0.15, 0.2) is 0 Å². The van der Waals surface area contributed by atoms with E-state index in [1.54, 1.807) is 0 Å². The van der Waals surface area contributed by atoms with Crippen molar-refractivity contribution in [2.75, 3.05) is 13.2 Å². The Bertz CT molecular complexity index is 1470. The van der Waals surface area contributed by atoms with E-state index in [2.05, 4.69) is 19.2 Å². The Hall–Kier alpha value is -0.810. The summed E-state index contributed by atoms with van der Waals surface area (Å²) >= 11 is 0. The summed E-state index contributed by atoms with van der Waals surface area (Å²) in [7, 11) is 0. The Morgan fingerprint density at radius 1 is 0.316 bits per heavy atom. The molecule has 1 saturated heterocycles. The minimum atomic E-state index is -1.55. The van der Waals surface area contributed by atoms with Gasteiger partial charge in [-0.25, -0.2) is 0 Å². The van der Waals surface area contributed by atoms with Crippen molar-refractivity contribution in [2.24, 2.45) is 0 Å². The second-order valence-electron chi connectivity index (χ2n) is 31.1. The first kappa shape index (κ1) is 92.2. The lowest BCUT2D eigenvalue weighted by Crippen LogP contribution is -2.60. The molecule has 0 aromatic rings. The van der Waals surface area contributed by atoms with Crippen molar-refractivity contribution >= 4 is 5.91 Å². The highest BCUT2D eigenvalue weighted by Crippen LogP contribution is 2.25. The van der Waals surface area contributed by atoms with Gasteiger partial charge in [0.25, 0.3) is 0 Å². The van der Waals surface area contributed by atoms with E-state index in [0.29, 0.717) is 12.8 Å². The van der Waals surface area contributed by atoms with Gasteiger partial charge in [-0.2, -0.15) is 0 Å². The summed E-state index contributed by atoms with van der Waals surface area (Å²) in [6, 6.07) is -0.717. The van der Waals surface area contributed by atoms with Gasteiger partial charge in [0.1, 0.15) is 24.4 Å². The number of carbonyl (C=O) groups excluding carboxylic acids is 1. The maximum atomic E-state index is 13.2. The highest BCUT2D eigenvalue weighted by molar-refractivity contribution is 5.76. The number of ether oxygens (including phenoxy) is 2. The molecule has 95 heavy (non-hydrogen) atoms. The smallest absolute Gasteiger partial charge is 0.220 e. The summed E-state index contributed by atoms with van der Waals surface area (Å²) in [4.78, 5) is 13.2. The molecule has 0 saturated carbocycles. The molecule has 7 atom stereocenters. The molecule has 1 aliphatic rings. The monoisotopic (exact) mass is 1350 g/mol. The molecule has 568 valence electrons. The quantitative estimate of drug-likeness (QED) is 0.0330. The van der Waals surface area contributed by atoms with Crippen LogP contribution in [0.3, 0.4) is 0 Å². The summed E-state index contributed by atoms with van der Waals surface area (Å²) in [6.45, 7) is 3.93. The van der Waals surface area contributed by atoms with Crippen molar-refractivity contribution in [3.63, 3.8) is 0 Å². The van der Waals surface area contributed by atoms with Crippen LogP contribution in [0.2, 0.25) is 0 Å². The zero-order chi connectivity index (χ0) is 68.5. The van der Waals surface area contributed by atoms with Crippen LogP contribution >= 0.6 is 0 Å². The van der Waals surface area contributed by atoms with E-state index in [4.69, 9.17) is 9.47 Å². The van der Waals surface area contributed by atoms with Crippen molar-refractivity contribution in [2.45, 2.75) is 532 Å². The topological polar surface area (TPSA) is 149 Å². The Morgan fingerprint density at radius 2 is 0.526 bits per heavy atom. The van der Waals surface area contributed by atoms with Crippen molar-refractivity contribution < 1.29 is 39.8 Å². The molecule has 1 aliphatic heterocycles. The Morgan fingerprint density at radius 3 is 0.747 bits per heavy atom. The number of nitrogens with one attached hydrogen (secondary N) is 1. The molecule has 1 amide bonds. The largest absolute Gasteiger partial charge is 0.394 e.